The molecule has 132 valence electrons. The molecule has 2 aromatic heterocycles. The van der Waals surface area contributed by atoms with E-state index in [1.807, 2.05) is 18.2 Å². The Morgan fingerprint density at radius 2 is 2.08 bits per heavy atom. The van der Waals surface area contributed by atoms with Crippen molar-refractivity contribution < 1.29 is 9.53 Å². The molecule has 7 nitrogen and oxygen atoms in total. The average molecular weight is 349 g/mol. The molecule has 26 heavy (non-hydrogen) atoms. The minimum Gasteiger partial charge on any atom is -0.493 e. The van der Waals surface area contributed by atoms with Crippen molar-refractivity contribution in [2.75, 3.05) is 13.2 Å². The van der Waals surface area contributed by atoms with Crippen LogP contribution in [0.3, 0.4) is 0 Å². The number of amides is 1. The van der Waals surface area contributed by atoms with Gasteiger partial charge in [0.1, 0.15) is 24.2 Å². The summed E-state index contributed by atoms with van der Waals surface area (Å²) in [6.07, 6.45) is 6.52. The van der Waals surface area contributed by atoms with E-state index in [-0.39, 0.29) is 5.91 Å². The molecule has 0 radical (unpaired) electrons. The maximum Gasteiger partial charge on any atom is 0.251 e. The highest BCUT2D eigenvalue weighted by Crippen LogP contribution is 2.26. The van der Waals surface area contributed by atoms with Crippen LogP contribution >= 0.6 is 0 Å². The Balaban J connectivity index is 1.41. The third-order valence-corrected chi connectivity index (χ3v) is 4.51. The van der Waals surface area contributed by atoms with Crippen LogP contribution in [0.4, 0.5) is 0 Å². The first-order valence-corrected chi connectivity index (χ1v) is 8.59. The lowest BCUT2D eigenvalue weighted by molar-refractivity contribution is 0.0945. The maximum atomic E-state index is 12.5. The first-order chi connectivity index (χ1) is 12.8. The van der Waals surface area contributed by atoms with Gasteiger partial charge in [0.2, 0.25) is 0 Å². The Bertz CT molecular complexity index is 894. The smallest absolute Gasteiger partial charge is 0.251 e. The van der Waals surface area contributed by atoms with Crippen molar-refractivity contribution in [2.24, 2.45) is 5.92 Å². The van der Waals surface area contributed by atoms with Gasteiger partial charge in [0.25, 0.3) is 5.91 Å². The zero-order valence-corrected chi connectivity index (χ0v) is 14.2. The number of nitrogens with zero attached hydrogens (tertiary/aromatic N) is 4. The predicted octanol–water partition coefficient (Wildman–Crippen LogP) is 2.03. The largest absolute Gasteiger partial charge is 0.493 e. The number of carbonyl (C=O) groups is 1. The van der Waals surface area contributed by atoms with Crippen LogP contribution in [-0.4, -0.2) is 38.8 Å². The summed E-state index contributed by atoms with van der Waals surface area (Å²) in [7, 11) is 0. The summed E-state index contributed by atoms with van der Waals surface area (Å²) in [5.74, 6) is 1.80. The molecule has 7 heteroatoms. The Kier molecular flexibility index (Phi) is 4.59. The van der Waals surface area contributed by atoms with E-state index in [9.17, 15) is 4.79 Å². The van der Waals surface area contributed by atoms with Crippen LogP contribution in [-0.2, 0) is 6.42 Å². The number of para-hydroxylation sites is 1. The molecule has 0 saturated heterocycles. The van der Waals surface area contributed by atoms with Gasteiger partial charge < -0.3 is 10.1 Å². The first-order valence-electron chi connectivity index (χ1n) is 8.59. The Morgan fingerprint density at radius 1 is 1.23 bits per heavy atom. The second-order valence-corrected chi connectivity index (χ2v) is 6.30. The second-order valence-electron chi connectivity index (χ2n) is 6.30. The minimum atomic E-state index is -0.111. The fourth-order valence-corrected chi connectivity index (χ4v) is 3.10. The highest BCUT2D eigenvalue weighted by Gasteiger charge is 2.18. The molecule has 0 aliphatic carbocycles. The second kappa shape index (κ2) is 7.35. The van der Waals surface area contributed by atoms with Gasteiger partial charge in [-0.1, -0.05) is 18.2 Å². The predicted molar refractivity (Wildman–Crippen MR) is 95.2 cm³/mol. The molecule has 0 saturated carbocycles. The van der Waals surface area contributed by atoms with E-state index in [1.54, 1.807) is 35.6 Å². The molecule has 1 aromatic carbocycles. The summed E-state index contributed by atoms with van der Waals surface area (Å²) in [5, 5.41) is 10.6. The van der Waals surface area contributed by atoms with E-state index >= 15 is 0 Å². The fourth-order valence-electron chi connectivity index (χ4n) is 3.10. The maximum absolute atomic E-state index is 12.5. The van der Waals surface area contributed by atoms with E-state index < -0.39 is 0 Å². The van der Waals surface area contributed by atoms with Crippen molar-refractivity contribution in [2.45, 2.75) is 12.8 Å². The van der Waals surface area contributed by atoms with Crippen LogP contribution in [0.15, 0.2) is 55.2 Å². The standard InChI is InChI=1S/C19H19N5O2/c25-19(16-5-7-20-18(10-16)24-12-22-23-13-24)21-11-14-6-8-26-17-4-2-1-3-15(17)9-14/h1-5,7,10,12-14H,6,8-9,11H2,(H,21,25)/t14-/m0/s1. The topological polar surface area (TPSA) is 81.9 Å². The first kappa shape index (κ1) is 16.3. The number of carbonyl (C=O) groups excluding carboxylic acids is 1. The van der Waals surface area contributed by atoms with Crippen molar-refractivity contribution in [3.63, 3.8) is 0 Å². The summed E-state index contributed by atoms with van der Waals surface area (Å²) in [6, 6.07) is 11.5. The molecule has 0 bridgehead atoms. The van der Waals surface area contributed by atoms with Crippen molar-refractivity contribution >= 4 is 5.91 Å². The Labute approximate surface area is 151 Å². The van der Waals surface area contributed by atoms with Gasteiger partial charge in [-0.25, -0.2) is 4.98 Å². The highest BCUT2D eigenvalue weighted by atomic mass is 16.5. The van der Waals surface area contributed by atoms with Gasteiger partial charge in [-0.2, -0.15) is 0 Å². The SMILES string of the molecule is O=C(NC[C@H]1CCOc2ccccc2C1)c1ccnc(-n2cnnc2)c1. The minimum absolute atomic E-state index is 0.111. The lowest BCUT2D eigenvalue weighted by atomic mass is 9.97. The molecule has 4 rings (SSSR count). The van der Waals surface area contributed by atoms with Crippen molar-refractivity contribution in [3.8, 4) is 11.6 Å². The summed E-state index contributed by atoms with van der Waals surface area (Å²) < 4.78 is 7.45. The molecule has 1 atom stereocenters. The third-order valence-electron chi connectivity index (χ3n) is 4.51. The van der Waals surface area contributed by atoms with Gasteiger partial charge in [-0.3, -0.25) is 9.36 Å². The van der Waals surface area contributed by atoms with Crippen LogP contribution < -0.4 is 10.1 Å². The number of ether oxygens (including phenoxy) is 1. The van der Waals surface area contributed by atoms with E-state index in [0.29, 0.717) is 30.5 Å². The van der Waals surface area contributed by atoms with Gasteiger partial charge in [-0.05, 0) is 42.5 Å². The molecule has 3 heterocycles. The van der Waals surface area contributed by atoms with Crippen LogP contribution in [0.25, 0.3) is 5.82 Å². The van der Waals surface area contributed by atoms with Crippen LogP contribution in [0.5, 0.6) is 5.75 Å². The van der Waals surface area contributed by atoms with E-state index in [2.05, 4.69) is 26.6 Å². The van der Waals surface area contributed by atoms with E-state index in [0.717, 1.165) is 18.6 Å². The lowest BCUT2D eigenvalue weighted by Crippen LogP contribution is -2.30. The molecule has 0 spiro atoms. The van der Waals surface area contributed by atoms with Gasteiger partial charge in [0.05, 0.1) is 6.61 Å². The molecule has 0 fully saturated rings. The number of hydrogen-bond acceptors (Lipinski definition) is 5. The normalized spacial score (nSPS) is 16.2. The van der Waals surface area contributed by atoms with Crippen molar-refractivity contribution in [1.82, 2.24) is 25.1 Å². The van der Waals surface area contributed by atoms with Crippen molar-refractivity contribution in [3.05, 3.63) is 66.4 Å². The third kappa shape index (κ3) is 3.56. The average Bonchev–Trinajstić information content (AvgIpc) is 3.14. The highest BCUT2D eigenvalue weighted by molar-refractivity contribution is 5.94. The van der Waals surface area contributed by atoms with Crippen LogP contribution in [0.1, 0.15) is 22.3 Å². The lowest BCUT2D eigenvalue weighted by Gasteiger charge is -2.15. The monoisotopic (exact) mass is 349 g/mol. The van der Waals surface area contributed by atoms with Gasteiger partial charge >= 0.3 is 0 Å². The van der Waals surface area contributed by atoms with Gasteiger partial charge in [0.15, 0.2) is 0 Å². The number of benzene rings is 1. The number of fused-ring (bicyclic) bond motifs is 1. The van der Waals surface area contributed by atoms with E-state index in [1.165, 1.54) is 5.56 Å². The quantitative estimate of drug-likeness (QED) is 0.779. The summed E-state index contributed by atoms with van der Waals surface area (Å²) >= 11 is 0. The summed E-state index contributed by atoms with van der Waals surface area (Å²) in [5.41, 5.74) is 1.76. The van der Waals surface area contributed by atoms with Gasteiger partial charge in [0, 0.05) is 18.3 Å². The van der Waals surface area contributed by atoms with Crippen molar-refractivity contribution in [1.29, 1.82) is 0 Å². The molecule has 1 aliphatic rings. The zero-order chi connectivity index (χ0) is 17.8. The molecule has 0 unspecified atom stereocenters. The summed E-state index contributed by atoms with van der Waals surface area (Å²) in [4.78, 5) is 16.8. The Morgan fingerprint density at radius 3 is 2.96 bits per heavy atom. The molecule has 3 aromatic rings. The van der Waals surface area contributed by atoms with Crippen LogP contribution in [0, 0.1) is 5.92 Å². The Hall–Kier alpha value is -3.22. The number of pyridine rings is 1. The molecular weight excluding hydrogens is 330 g/mol. The summed E-state index contributed by atoms with van der Waals surface area (Å²) in [6.45, 7) is 1.28. The molecular formula is C19H19N5O2. The number of aromatic nitrogens is 4. The van der Waals surface area contributed by atoms with Crippen LogP contribution in [0.2, 0.25) is 0 Å². The zero-order valence-electron chi connectivity index (χ0n) is 14.2. The molecule has 1 aliphatic heterocycles. The van der Waals surface area contributed by atoms with E-state index in [4.69, 9.17) is 4.74 Å². The van der Waals surface area contributed by atoms with Gasteiger partial charge in [-0.15, -0.1) is 10.2 Å². The molecule has 1 N–H and O–H groups in total. The number of rotatable bonds is 4. The number of hydrogen-bond donors (Lipinski definition) is 1. The number of nitrogens with one attached hydrogen (secondary N) is 1. The molecule has 1 amide bonds. The fraction of sp³-hybridized carbons (Fsp3) is 0.263.